The number of allylic oxidation sites excluding steroid dienone is 2. The summed E-state index contributed by atoms with van der Waals surface area (Å²) in [6, 6.07) is 9.60. The molecule has 1 unspecified atom stereocenters. The Morgan fingerprint density at radius 2 is 1.87 bits per heavy atom. The first kappa shape index (κ1) is 9.74. The summed E-state index contributed by atoms with van der Waals surface area (Å²) in [5, 5.41) is 19.2. The number of aliphatic hydroxyl groups is 2. The molecule has 15 heavy (non-hydrogen) atoms. The van der Waals surface area contributed by atoms with Crippen molar-refractivity contribution in [3.05, 3.63) is 65.5 Å². The van der Waals surface area contributed by atoms with Crippen LogP contribution in [0.2, 0.25) is 0 Å². The number of benzene rings is 1. The molecular formula is C13H12O2. The van der Waals surface area contributed by atoms with Crippen molar-refractivity contribution in [3.8, 4) is 0 Å². The predicted octanol–water partition coefficient (Wildman–Crippen LogP) is 2.44. The maximum Gasteiger partial charge on any atom is 0.121 e. The minimum atomic E-state index is -0.727. The van der Waals surface area contributed by atoms with Gasteiger partial charge in [-0.1, -0.05) is 42.5 Å². The maximum absolute atomic E-state index is 9.64. The van der Waals surface area contributed by atoms with Crippen LogP contribution >= 0.6 is 0 Å². The van der Waals surface area contributed by atoms with Gasteiger partial charge in [0.05, 0.1) is 0 Å². The van der Waals surface area contributed by atoms with Gasteiger partial charge in [0.1, 0.15) is 11.9 Å². The molecule has 76 valence electrons. The number of rotatable bonds is 1. The van der Waals surface area contributed by atoms with Crippen molar-refractivity contribution in [3.63, 3.8) is 0 Å². The third-order valence-electron chi connectivity index (χ3n) is 2.28. The Balaban J connectivity index is 2.35. The zero-order valence-corrected chi connectivity index (χ0v) is 8.17. The fourth-order valence-electron chi connectivity index (χ4n) is 1.49. The normalized spacial score (nSPS) is 22.9. The molecule has 2 nitrogen and oxygen atoms in total. The van der Waals surface area contributed by atoms with Gasteiger partial charge in [-0.05, 0) is 17.7 Å². The molecule has 2 N–H and O–H groups in total. The zero-order chi connectivity index (χ0) is 10.7. The van der Waals surface area contributed by atoms with E-state index in [2.05, 4.69) is 0 Å². The van der Waals surface area contributed by atoms with E-state index in [9.17, 15) is 10.2 Å². The molecule has 1 atom stereocenters. The second-order valence-corrected chi connectivity index (χ2v) is 3.39. The fourth-order valence-corrected chi connectivity index (χ4v) is 1.49. The summed E-state index contributed by atoms with van der Waals surface area (Å²) in [6.45, 7) is 0. The van der Waals surface area contributed by atoms with Crippen LogP contribution < -0.4 is 0 Å². The lowest BCUT2D eigenvalue weighted by Gasteiger charge is -2.14. The van der Waals surface area contributed by atoms with Crippen molar-refractivity contribution in [2.24, 2.45) is 0 Å². The van der Waals surface area contributed by atoms with Gasteiger partial charge in [0.15, 0.2) is 0 Å². The van der Waals surface area contributed by atoms with E-state index in [-0.39, 0.29) is 5.76 Å². The van der Waals surface area contributed by atoms with Gasteiger partial charge < -0.3 is 10.2 Å². The minimum absolute atomic E-state index is 0.119. The topological polar surface area (TPSA) is 40.5 Å². The highest BCUT2D eigenvalue weighted by molar-refractivity contribution is 5.60. The van der Waals surface area contributed by atoms with Crippen LogP contribution in [0.15, 0.2) is 59.9 Å². The zero-order valence-electron chi connectivity index (χ0n) is 8.17. The average Bonchev–Trinajstić information content (AvgIpc) is 2.25. The third-order valence-corrected chi connectivity index (χ3v) is 2.28. The molecule has 0 spiro atoms. The molecule has 0 heterocycles. The van der Waals surface area contributed by atoms with Gasteiger partial charge in [-0.3, -0.25) is 0 Å². The number of hydrogen-bond acceptors (Lipinski definition) is 2. The van der Waals surface area contributed by atoms with Crippen molar-refractivity contribution >= 4 is 6.08 Å². The van der Waals surface area contributed by atoms with Gasteiger partial charge in [0.2, 0.25) is 0 Å². The summed E-state index contributed by atoms with van der Waals surface area (Å²) in [6.07, 6.45) is 5.90. The summed E-state index contributed by atoms with van der Waals surface area (Å²) in [7, 11) is 0. The maximum atomic E-state index is 9.64. The van der Waals surface area contributed by atoms with Crippen molar-refractivity contribution < 1.29 is 10.2 Å². The largest absolute Gasteiger partial charge is 0.508 e. The van der Waals surface area contributed by atoms with Crippen LogP contribution in [0.1, 0.15) is 5.56 Å². The molecule has 0 radical (unpaired) electrons. The van der Waals surface area contributed by atoms with Gasteiger partial charge >= 0.3 is 0 Å². The first-order valence-electron chi connectivity index (χ1n) is 4.80. The molecule has 1 aromatic carbocycles. The van der Waals surface area contributed by atoms with E-state index in [0.717, 1.165) is 5.56 Å². The molecule has 0 aliphatic heterocycles. The molecule has 2 rings (SSSR count). The average molecular weight is 200 g/mol. The van der Waals surface area contributed by atoms with Gasteiger partial charge in [-0.2, -0.15) is 0 Å². The number of aliphatic hydroxyl groups excluding tert-OH is 2. The highest BCUT2D eigenvalue weighted by Crippen LogP contribution is 2.20. The molecule has 1 aromatic rings. The predicted molar refractivity (Wildman–Crippen MR) is 60.3 cm³/mol. The standard InChI is InChI=1S/C13H12O2/c14-12-7-4-8-13(15)11(12)9-10-5-2-1-3-6-10/h1-9,12,14-15H. The van der Waals surface area contributed by atoms with Crippen LogP contribution in [-0.2, 0) is 0 Å². The summed E-state index contributed by atoms with van der Waals surface area (Å²) >= 11 is 0. The molecule has 2 heteroatoms. The van der Waals surface area contributed by atoms with E-state index in [1.165, 1.54) is 0 Å². The van der Waals surface area contributed by atoms with Gasteiger partial charge in [-0.15, -0.1) is 0 Å². The van der Waals surface area contributed by atoms with Crippen LogP contribution in [0.5, 0.6) is 0 Å². The van der Waals surface area contributed by atoms with E-state index >= 15 is 0 Å². The molecule has 0 bridgehead atoms. The molecular weight excluding hydrogens is 188 g/mol. The van der Waals surface area contributed by atoms with E-state index in [1.54, 1.807) is 24.3 Å². The van der Waals surface area contributed by atoms with Crippen molar-refractivity contribution in [1.29, 1.82) is 0 Å². The Labute approximate surface area is 88.5 Å². The Bertz CT molecular complexity index is 427. The monoisotopic (exact) mass is 200 g/mol. The Morgan fingerprint density at radius 3 is 2.53 bits per heavy atom. The molecule has 0 aromatic heterocycles. The summed E-state index contributed by atoms with van der Waals surface area (Å²) in [5.41, 5.74) is 1.49. The van der Waals surface area contributed by atoms with E-state index in [0.29, 0.717) is 5.57 Å². The van der Waals surface area contributed by atoms with E-state index < -0.39 is 6.10 Å². The quantitative estimate of drug-likeness (QED) is 0.731. The molecule has 1 aliphatic rings. The second kappa shape index (κ2) is 4.15. The minimum Gasteiger partial charge on any atom is -0.508 e. The molecule has 0 saturated carbocycles. The SMILES string of the molecule is OC1=CC=CC(O)C1=Cc1ccccc1. The molecule has 0 fully saturated rings. The van der Waals surface area contributed by atoms with Crippen LogP contribution in [-0.4, -0.2) is 16.3 Å². The third kappa shape index (κ3) is 2.17. The van der Waals surface area contributed by atoms with Crippen LogP contribution in [0.4, 0.5) is 0 Å². The lowest BCUT2D eigenvalue weighted by atomic mass is 10.00. The Hall–Kier alpha value is -1.80. The van der Waals surface area contributed by atoms with Crippen molar-refractivity contribution in [2.45, 2.75) is 6.10 Å². The van der Waals surface area contributed by atoms with Crippen LogP contribution in [0.3, 0.4) is 0 Å². The summed E-state index contributed by atoms with van der Waals surface area (Å²) < 4.78 is 0. The summed E-state index contributed by atoms with van der Waals surface area (Å²) in [5.74, 6) is 0.119. The lowest BCUT2D eigenvalue weighted by molar-refractivity contribution is 0.248. The van der Waals surface area contributed by atoms with Crippen LogP contribution in [0.25, 0.3) is 6.08 Å². The van der Waals surface area contributed by atoms with Crippen LogP contribution in [0, 0.1) is 0 Å². The van der Waals surface area contributed by atoms with E-state index in [1.807, 2.05) is 30.3 Å². The van der Waals surface area contributed by atoms with Crippen molar-refractivity contribution in [2.75, 3.05) is 0 Å². The second-order valence-electron chi connectivity index (χ2n) is 3.39. The van der Waals surface area contributed by atoms with Gasteiger partial charge in [0, 0.05) is 5.57 Å². The van der Waals surface area contributed by atoms with Gasteiger partial charge in [0.25, 0.3) is 0 Å². The smallest absolute Gasteiger partial charge is 0.121 e. The highest BCUT2D eigenvalue weighted by atomic mass is 16.3. The van der Waals surface area contributed by atoms with Crippen molar-refractivity contribution in [1.82, 2.24) is 0 Å². The fraction of sp³-hybridized carbons (Fsp3) is 0.0769. The Kier molecular flexibility index (Phi) is 2.70. The first-order valence-corrected chi connectivity index (χ1v) is 4.80. The molecule has 0 saturated heterocycles. The molecule has 0 amide bonds. The van der Waals surface area contributed by atoms with E-state index in [4.69, 9.17) is 0 Å². The number of hydrogen-bond donors (Lipinski definition) is 2. The summed E-state index contributed by atoms with van der Waals surface area (Å²) in [4.78, 5) is 0. The molecule has 1 aliphatic carbocycles. The highest BCUT2D eigenvalue weighted by Gasteiger charge is 2.14. The van der Waals surface area contributed by atoms with Gasteiger partial charge in [-0.25, -0.2) is 0 Å². The lowest BCUT2D eigenvalue weighted by Crippen LogP contribution is -2.11. The Morgan fingerprint density at radius 1 is 1.13 bits per heavy atom. The first-order chi connectivity index (χ1) is 7.27.